The van der Waals surface area contributed by atoms with Gasteiger partial charge in [0.05, 0.1) is 5.60 Å². The highest BCUT2D eigenvalue weighted by Crippen LogP contribution is 2.22. The monoisotopic (exact) mass is 245 g/mol. The lowest BCUT2D eigenvalue weighted by Crippen LogP contribution is -2.29. The quantitative estimate of drug-likeness (QED) is 0.727. The summed E-state index contributed by atoms with van der Waals surface area (Å²) in [6.45, 7) is 7.68. The van der Waals surface area contributed by atoms with Crippen LogP contribution < -0.4 is 0 Å². The van der Waals surface area contributed by atoms with Gasteiger partial charge in [-0.3, -0.25) is 0 Å². The Bertz CT molecular complexity index is 196. The van der Waals surface area contributed by atoms with Gasteiger partial charge in [-0.25, -0.2) is 0 Å². The average Bonchev–Trinajstić information content (AvgIpc) is 2.37. The molecule has 96 valence electrons. The molecule has 2 nitrogen and oxygen atoms in total. The summed E-state index contributed by atoms with van der Waals surface area (Å²) in [5.41, 5.74) is -0.425. The molecule has 1 saturated heterocycles. The van der Waals surface area contributed by atoms with Gasteiger partial charge in [0.1, 0.15) is 0 Å². The highest BCUT2D eigenvalue weighted by Gasteiger charge is 2.24. The molecular formula is C13H27NOS. The van der Waals surface area contributed by atoms with Crippen molar-refractivity contribution in [3.05, 3.63) is 0 Å². The Labute approximate surface area is 106 Å². The van der Waals surface area contributed by atoms with E-state index < -0.39 is 5.60 Å². The number of thiol groups is 1. The van der Waals surface area contributed by atoms with E-state index in [1.165, 1.54) is 19.4 Å². The second-order valence-corrected chi connectivity index (χ2v) is 6.05. The van der Waals surface area contributed by atoms with Crippen LogP contribution in [0.25, 0.3) is 0 Å². The van der Waals surface area contributed by atoms with Crippen LogP contribution in [0.1, 0.15) is 46.0 Å². The Balaban J connectivity index is 2.22. The minimum Gasteiger partial charge on any atom is -0.390 e. The number of likely N-dealkylation sites (tertiary alicyclic amines) is 1. The Morgan fingerprint density at radius 2 is 2.06 bits per heavy atom. The molecule has 1 N–H and O–H groups in total. The summed E-state index contributed by atoms with van der Waals surface area (Å²) in [4.78, 5) is 2.51. The van der Waals surface area contributed by atoms with E-state index in [1.54, 1.807) is 0 Å². The van der Waals surface area contributed by atoms with E-state index in [4.69, 9.17) is 0 Å². The van der Waals surface area contributed by atoms with Crippen molar-refractivity contribution in [3.63, 3.8) is 0 Å². The number of rotatable bonds is 5. The van der Waals surface area contributed by atoms with Gasteiger partial charge in [0.15, 0.2) is 0 Å². The first-order valence-corrected chi connectivity index (χ1v) is 7.22. The molecular weight excluding hydrogens is 218 g/mol. The number of hydrogen-bond donors (Lipinski definition) is 2. The van der Waals surface area contributed by atoms with Crippen LogP contribution in [0.4, 0.5) is 0 Å². The van der Waals surface area contributed by atoms with Crippen molar-refractivity contribution >= 4 is 12.6 Å². The maximum Gasteiger partial charge on any atom is 0.0632 e. The Morgan fingerprint density at radius 1 is 1.31 bits per heavy atom. The third kappa shape index (κ3) is 5.55. The minimum atomic E-state index is -0.425. The summed E-state index contributed by atoms with van der Waals surface area (Å²) in [7, 11) is 0. The van der Waals surface area contributed by atoms with Crippen molar-refractivity contribution in [2.24, 2.45) is 5.92 Å². The van der Waals surface area contributed by atoms with Crippen LogP contribution in [0.15, 0.2) is 0 Å². The number of nitrogens with zero attached hydrogens (tertiary/aromatic N) is 1. The van der Waals surface area contributed by atoms with E-state index >= 15 is 0 Å². The van der Waals surface area contributed by atoms with E-state index in [0.717, 1.165) is 44.0 Å². The van der Waals surface area contributed by atoms with Crippen LogP contribution >= 0.6 is 12.6 Å². The van der Waals surface area contributed by atoms with E-state index in [-0.39, 0.29) is 0 Å². The van der Waals surface area contributed by atoms with Gasteiger partial charge in [-0.2, -0.15) is 12.6 Å². The van der Waals surface area contributed by atoms with Crippen LogP contribution in [-0.4, -0.2) is 41.0 Å². The lowest BCUT2D eigenvalue weighted by atomic mass is 9.98. The summed E-state index contributed by atoms with van der Waals surface area (Å²) in [6.07, 6.45) is 5.50. The molecule has 2 unspecified atom stereocenters. The first-order valence-electron chi connectivity index (χ1n) is 6.59. The molecule has 0 aromatic heterocycles. The Kier molecular flexibility index (Phi) is 6.16. The van der Waals surface area contributed by atoms with E-state index in [2.05, 4.69) is 24.5 Å². The van der Waals surface area contributed by atoms with Crippen molar-refractivity contribution in [3.8, 4) is 0 Å². The zero-order chi connectivity index (χ0) is 12.0. The van der Waals surface area contributed by atoms with E-state index in [0.29, 0.717) is 0 Å². The van der Waals surface area contributed by atoms with E-state index in [1.807, 2.05) is 6.92 Å². The molecule has 1 rings (SSSR count). The zero-order valence-corrected chi connectivity index (χ0v) is 11.7. The normalized spacial score (nSPS) is 30.0. The molecule has 0 saturated carbocycles. The summed E-state index contributed by atoms with van der Waals surface area (Å²) in [5.74, 6) is 1.77. The molecule has 1 fully saturated rings. The molecule has 0 spiro atoms. The van der Waals surface area contributed by atoms with Gasteiger partial charge in [0.25, 0.3) is 0 Å². The molecule has 0 aliphatic carbocycles. The maximum atomic E-state index is 10.00. The first kappa shape index (κ1) is 14.3. The fourth-order valence-corrected chi connectivity index (χ4v) is 2.75. The molecule has 0 aromatic rings. The van der Waals surface area contributed by atoms with Crippen LogP contribution in [0.3, 0.4) is 0 Å². The van der Waals surface area contributed by atoms with Crippen molar-refractivity contribution in [1.82, 2.24) is 4.90 Å². The largest absolute Gasteiger partial charge is 0.390 e. The fourth-order valence-electron chi connectivity index (χ4n) is 2.31. The first-order chi connectivity index (χ1) is 7.53. The highest BCUT2D eigenvalue weighted by molar-refractivity contribution is 7.80. The molecule has 1 aliphatic heterocycles. The van der Waals surface area contributed by atoms with Crippen molar-refractivity contribution < 1.29 is 5.11 Å². The summed E-state index contributed by atoms with van der Waals surface area (Å²) in [6, 6.07) is 0. The summed E-state index contributed by atoms with van der Waals surface area (Å²) >= 11 is 4.27. The van der Waals surface area contributed by atoms with Gasteiger partial charge in [-0.1, -0.05) is 6.92 Å². The molecule has 1 aliphatic rings. The smallest absolute Gasteiger partial charge is 0.0632 e. The highest BCUT2D eigenvalue weighted by atomic mass is 32.1. The second kappa shape index (κ2) is 6.87. The van der Waals surface area contributed by atoms with Gasteiger partial charge >= 0.3 is 0 Å². The average molecular weight is 245 g/mol. The number of aliphatic hydroxyl groups is 1. The molecule has 3 heteroatoms. The standard InChI is InChI=1S/C13H27NOS/c1-12(5-11-16)4-9-14-8-3-6-13(2,15)7-10-14/h12,15-16H,3-11H2,1-2H3. The Morgan fingerprint density at radius 3 is 2.75 bits per heavy atom. The SMILES string of the molecule is CC(CCS)CCN1CCCC(C)(O)CC1. The van der Waals surface area contributed by atoms with Crippen molar-refractivity contribution in [2.45, 2.75) is 51.6 Å². The lowest BCUT2D eigenvalue weighted by Gasteiger charge is -2.23. The zero-order valence-electron chi connectivity index (χ0n) is 10.8. The lowest BCUT2D eigenvalue weighted by molar-refractivity contribution is 0.0445. The van der Waals surface area contributed by atoms with Crippen molar-refractivity contribution in [2.75, 3.05) is 25.4 Å². The maximum absolute atomic E-state index is 10.00. The minimum absolute atomic E-state index is 0.425. The van der Waals surface area contributed by atoms with Gasteiger partial charge in [0.2, 0.25) is 0 Å². The van der Waals surface area contributed by atoms with Gasteiger partial charge in [-0.05, 0) is 63.8 Å². The van der Waals surface area contributed by atoms with Crippen LogP contribution in [0, 0.1) is 5.92 Å². The molecule has 0 radical (unpaired) electrons. The van der Waals surface area contributed by atoms with Crippen LogP contribution in [0.2, 0.25) is 0 Å². The van der Waals surface area contributed by atoms with Gasteiger partial charge in [0, 0.05) is 6.54 Å². The van der Waals surface area contributed by atoms with E-state index in [9.17, 15) is 5.11 Å². The molecule has 0 amide bonds. The molecule has 0 aromatic carbocycles. The molecule has 0 bridgehead atoms. The van der Waals surface area contributed by atoms with Crippen LogP contribution in [-0.2, 0) is 0 Å². The summed E-state index contributed by atoms with van der Waals surface area (Å²) < 4.78 is 0. The predicted molar refractivity (Wildman–Crippen MR) is 73.2 cm³/mol. The Hall–Kier alpha value is 0.270. The number of hydrogen-bond acceptors (Lipinski definition) is 3. The third-order valence-electron chi connectivity index (χ3n) is 3.72. The van der Waals surface area contributed by atoms with Gasteiger partial charge < -0.3 is 10.0 Å². The predicted octanol–water partition coefficient (Wildman–Crippen LogP) is 2.57. The third-order valence-corrected chi connectivity index (χ3v) is 3.97. The molecule has 16 heavy (non-hydrogen) atoms. The summed E-state index contributed by atoms with van der Waals surface area (Å²) in [5, 5.41) is 10.00. The van der Waals surface area contributed by atoms with Crippen LogP contribution in [0.5, 0.6) is 0 Å². The molecule has 2 atom stereocenters. The fraction of sp³-hybridized carbons (Fsp3) is 1.00. The second-order valence-electron chi connectivity index (χ2n) is 5.60. The van der Waals surface area contributed by atoms with Gasteiger partial charge in [-0.15, -0.1) is 0 Å². The molecule has 1 heterocycles. The topological polar surface area (TPSA) is 23.5 Å². The van der Waals surface area contributed by atoms with Crippen molar-refractivity contribution in [1.29, 1.82) is 0 Å².